The lowest BCUT2D eigenvalue weighted by Gasteiger charge is -2.31. The third kappa shape index (κ3) is 5.21. The maximum Gasteiger partial charge on any atom is 0.303 e. The van der Waals surface area contributed by atoms with Crippen LogP contribution in [0.4, 0.5) is 5.69 Å². The number of anilines is 1. The van der Waals surface area contributed by atoms with Gasteiger partial charge in [0, 0.05) is 18.7 Å². The summed E-state index contributed by atoms with van der Waals surface area (Å²) in [5.41, 5.74) is 6.24. The van der Waals surface area contributed by atoms with Crippen molar-refractivity contribution in [2.24, 2.45) is 5.92 Å². The first kappa shape index (κ1) is 24.3. The zero-order valence-corrected chi connectivity index (χ0v) is 20.5. The Morgan fingerprint density at radius 2 is 1.58 bits per heavy atom. The molecule has 1 heterocycles. The summed E-state index contributed by atoms with van der Waals surface area (Å²) in [4.78, 5) is 25.8. The van der Waals surface area contributed by atoms with Gasteiger partial charge >= 0.3 is 5.97 Å². The Bertz CT molecular complexity index is 1210. The van der Waals surface area contributed by atoms with E-state index in [0.717, 1.165) is 60.9 Å². The standard InChI is InChI=1S/C31H33NO4/c33-29(34)19-21-8-10-22(11-9-21)23-12-14-24(15-13-23)26-16-17-28-27(20-26)7-4-18-32(28)31(36)30(35)25-5-2-1-3-6-25/h1-3,5-6,12-17,20-22,30,35H,4,7-11,18-19H2,(H,33,34). The van der Waals surface area contributed by atoms with Crippen molar-refractivity contribution in [3.05, 3.63) is 89.5 Å². The molecule has 186 valence electrons. The molecule has 5 nitrogen and oxygen atoms in total. The number of benzene rings is 3. The number of fused-ring (bicyclic) bond motifs is 1. The third-order valence-corrected chi connectivity index (χ3v) is 7.84. The molecule has 5 rings (SSSR count). The van der Waals surface area contributed by atoms with Crippen molar-refractivity contribution in [3.8, 4) is 11.1 Å². The number of rotatable bonds is 6. The average molecular weight is 484 g/mol. The number of aliphatic hydroxyl groups excluding tert-OH is 1. The first-order chi connectivity index (χ1) is 17.5. The number of carboxylic acids is 1. The normalized spacial score (nSPS) is 20.4. The van der Waals surface area contributed by atoms with E-state index < -0.39 is 12.1 Å². The number of carbonyl (C=O) groups is 2. The van der Waals surface area contributed by atoms with Gasteiger partial charge in [0.05, 0.1) is 0 Å². The lowest BCUT2D eigenvalue weighted by atomic mass is 9.77. The number of amides is 1. The first-order valence-corrected chi connectivity index (χ1v) is 13.0. The van der Waals surface area contributed by atoms with E-state index in [9.17, 15) is 14.7 Å². The van der Waals surface area contributed by atoms with Gasteiger partial charge in [-0.3, -0.25) is 9.59 Å². The topological polar surface area (TPSA) is 77.8 Å². The van der Waals surface area contributed by atoms with Crippen LogP contribution in [0.5, 0.6) is 0 Å². The summed E-state index contributed by atoms with van der Waals surface area (Å²) in [5, 5.41) is 19.7. The van der Waals surface area contributed by atoms with Crippen LogP contribution < -0.4 is 4.90 Å². The Balaban J connectivity index is 1.29. The van der Waals surface area contributed by atoms with E-state index in [2.05, 4.69) is 36.4 Å². The van der Waals surface area contributed by atoms with Gasteiger partial charge in [-0.05, 0) is 90.3 Å². The van der Waals surface area contributed by atoms with Crippen molar-refractivity contribution in [2.75, 3.05) is 11.4 Å². The van der Waals surface area contributed by atoms with Crippen molar-refractivity contribution in [1.82, 2.24) is 0 Å². The van der Waals surface area contributed by atoms with Gasteiger partial charge < -0.3 is 15.1 Å². The van der Waals surface area contributed by atoms with Crippen LogP contribution >= 0.6 is 0 Å². The fourth-order valence-electron chi connectivity index (χ4n) is 5.83. The average Bonchev–Trinajstić information content (AvgIpc) is 2.92. The summed E-state index contributed by atoms with van der Waals surface area (Å²) < 4.78 is 0. The third-order valence-electron chi connectivity index (χ3n) is 7.84. The molecule has 1 aliphatic heterocycles. The summed E-state index contributed by atoms with van der Waals surface area (Å²) in [5.74, 6) is -0.151. The summed E-state index contributed by atoms with van der Waals surface area (Å²) in [6.07, 6.45) is 4.97. The molecule has 0 bridgehead atoms. The van der Waals surface area contributed by atoms with Crippen LogP contribution in [-0.4, -0.2) is 28.6 Å². The highest BCUT2D eigenvalue weighted by atomic mass is 16.4. The second-order valence-electron chi connectivity index (χ2n) is 10.2. The zero-order chi connectivity index (χ0) is 25.1. The van der Waals surface area contributed by atoms with Crippen molar-refractivity contribution in [2.45, 2.75) is 57.0 Å². The molecule has 0 aromatic heterocycles. The lowest BCUT2D eigenvalue weighted by molar-refractivity contribution is -0.138. The van der Waals surface area contributed by atoms with E-state index in [1.807, 2.05) is 24.3 Å². The number of hydrogen-bond acceptors (Lipinski definition) is 3. The minimum Gasteiger partial charge on any atom is -0.481 e. The Hall–Kier alpha value is -3.44. The quantitative estimate of drug-likeness (QED) is 0.443. The van der Waals surface area contributed by atoms with E-state index in [-0.39, 0.29) is 12.3 Å². The molecule has 1 atom stereocenters. The van der Waals surface area contributed by atoms with E-state index in [0.29, 0.717) is 23.9 Å². The molecule has 2 N–H and O–H groups in total. The van der Waals surface area contributed by atoms with Gasteiger partial charge in [-0.1, -0.05) is 60.7 Å². The molecule has 1 amide bonds. The Labute approximate surface area is 212 Å². The monoisotopic (exact) mass is 483 g/mol. The largest absolute Gasteiger partial charge is 0.481 e. The second-order valence-corrected chi connectivity index (χ2v) is 10.2. The van der Waals surface area contributed by atoms with E-state index >= 15 is 0 Å². The van der Waals surface area contributed by atoms with Crippen LogP contribution in [0.1, 0.15) is 67.2 Å². The highest BCUT2D eigenvalue weighted by molar-refractivity contribution is 5.98. The van der Waals surface area contributed by atoms with Crippen molar-refractivity contribution >= 4 is 17.6 Å². The minimum absolute atomic E-state index is 0.280. The molecule has 5 heteroatoms. The molecular formula is C31H33NO4. The van der Waals surface area contributed by atoms with E-state index in [1.54, 1.807) is 17.0 Å². The van der Waals surface area contributed by atoms with Gasteiger partial charge in [0.2, 0.25) is 0 Å². The summed E-state index contributed by atoms with van der Waals surface area (Å²) >= 11 is 0. The van der Waals surface area contributed by atoms with Crippen LogP contribution in [0.3, 0.4) is 0 Å². The lowest BCUT2D eigenvalue weighted by Crippen LogP contribution is -2.38. The summed E-state index contributed by atoms with van der Waals surface area (Å²) in [6, 6.07) is 24.1. The fourth-order valence-corrected chi connectivity index (χ4v) is 5.83. The molecule has 0 radical (unpaired) electrons. The molecule has 1 saturated carbocycles. The second kappa shape index (κ2) is 10.7. The number of aryl methyl sites for hydroxylation is 1. The highest BCUT2D eigenvalue weighted by Gasteiger charge is 2.29. The highest BCUT2D eigenvalue weighted by Crippen LogP contribution is 2.38. The van der Waals surface area contributed by atoms with Crippen LogP contribution in [0, 0.1) is 5.92 Å². The summed E-state index contributed by atoms with van der Waals surface area (Å²) in [6.45, 7) is 0.610. The van der Waals surface area contributed by atoms with Crippen molar-refractivity contribution < 1.29 is 19.8 Å². The van der Waals surface area contributed by atoms with Crippen LogP contribution in [0.2, 0.25) is 0 Å². The number of aliphatic carboxylic acids is 1. The molecule has 1 fully saturated rings. The van der Waals surface area contributed by atoms with Gasteiger partial charge in [-0.25, -0.2) is 0 Å². The predicted molar refractivity (Wildman–Crippen MR) is 141 cm³/mol. The molecule has 0 spiro atoms. The number of aliphatic hydroxyl groups is 1. The SMILES string of the molecule is O=C(O)CC1CCC(c2ccc(-c3ccc4c(c3)CCCN4C(=O)C(O)c3ccccc3)cc2)CC1. The zero-order valence-electron chi connectivity index (χ0n) is 20.5. The van der Waals surface area contributed by atoms with Crippen molar-refractivity contribution in [1.29, 1.82) is 0 Å². The predicted octanol–water partition coefficient (Wildman–Crippen LogP) is 6.11. The minimum atomic E-state index is -1.16. The molecule has 36 heavy (non-hydrogen) atoms. The van der Waals surface area contributed by atoms with E-state index in [1.165, 1.54) is 5.56 Å². The van der Waals surface area contributed by atoms with E-state index in [4.69, 9.17) is 5.11 Å². The first-order valence-electron chi connectivity index (χ1n) is 13.0. The van der Waals surface area contributed by atoms with Gasteiger partial charge in [-0.2, -0.15) is 0 Å². The molecule has 0 saturated heterocycles. The summed E-state index contributed by atoms with van der Waals surface area (Å²) in [7, 11) is 0. The number of carbonyl (C=O) groups excluding carboxylic acids is 1. The van der Waals surface area contributed by atoms with Gasteiger partial charge in [-0.15, -0.1) is 0 Å². The smallest absolute Gasteiger partial charge is 0.303 e. The Morgan fingerprint density at radius 3 is 2.28 bits per heavy atom. The molecule has 1 aliphatic carbocycles. The van der Waals surface area contributed by atoms with Crippen LogP contribution in [0.15, 0.2) is 72.8 Å². The van der Waals surface area contributed by atoms with Crippen molar-refractivity contribution in [3.63, 3.8) is 0 Å². The number of hydrogen-bond donors (Lipinski definition) is 2. The Kier molecular flexibility index (Phi) is 7.19. The Morgan fingerprint density at radius 1 is 0.889 bits per heavy atom. The molecule has 1 unspecified atom stereocenters. The van der Waals surface area contributed by atoms with Gasteiger partial charge in [0.1, 0.15) is 0 Å². The van der Waals surface area contributed by atoms with Crippen LogP contribution in [-0.2, 0) is 16.0 Å². The molecular weight excluding hydrogens is 450 g/mol. The molecule has 3 aromatic rings. The number of nitrogens with zero attached hydrogens (tertiary/aromatic N) is 1. The van der Waals surface area contributed by atoms with Crippen LogP contribution in [0.25, 0.3) is 11.1 Å². The number of carboxylic acid groups (broad SMARTS) is 1. The van der Waals surface area contributed by atoms with Gasteiger partial charge in [0.25, 0.3) is 5.91 Å². The maximum atomic E-state index is 13.1. The molecule has 3 aromatic carbocycles. The van der Waals surface area contributed by atoms with Gasteiger partial charge in [0.15, 0.2) is 6.10 Å². The maximum absolute atomic E-state index is 13.1. The fraction of sp³-hybridized carbons (Fsp3) is 0.355. The molecule has 2 aliphatic rings.